The fraction of sp³-hybridized carbons (Fsp3) is 0.111. The minimum atomic E-state index is -1.23. The smallest absolute Gasteiger partial charge is 0.0937 e. The Morgan fingerprint density at radius 3 is 1.45 bits per heavy atom. The fourth-order valence-corrected chi connectivity index (χ4v) is 6.29. The number of nitrogens with zero attached hydrogens (tertiary/aromatic N) is 1. The third-order valence-electron chi connectivity index (χ3n) is 5.40. The molecule has 0 amide bonds. The predicted octanol–water partition coefficient (Wildman–Crippen LogP) is 8.57. The van der Waals surface area contributed by atoms with Crippen molar-refractivity contribution in [2.24, 2.45) is 0 Å². The molecule has 4 heteroatoms. The van der Waals surface area contributed by atoms with Crippen LogP contribution in [0.5, 0.6) is 0 Å². The second kappa shape index (κ2) is 9.45. The molecule has 4 rings (SSSR count). The van der Waals surface area contributed by atoms with E-state index in [4.69, 9.17) is 23.2 Å². The zero-order valence-electron chi connectivity index (χ0n) is 17.7. The van der Waals surface area contributed by atoms with Crippen LogP contribution in [-0.2, 0) is 6.16 Å². The molecule has 0 N–H and O–H groups in total. The SMILES string of the molecule is C[P+](C)(Cc1ccc(N(c2ccc(Cl)cc2)c2ccc(Cl)cc2)cc1)c1ccccc1. The molecule has 0 aliphatic heterocycles. The highest BCUT2D eigenvalue weighted by Crippen LogP contribution is 2.53. The molecule has 0 aromatic heterocycles. The number of halogens is 2. The molecule has 0 bridgehead atoms. The number of hydrogen-bond acceptors (Lipinski definition) is 1. The number of benzene rings is 4. The van der Waals surface area contributed by atoms with Crippen LogP contribution in [0.25, 0.3) is 0 Å². The van der Waals surface area contributed by atoms with Crippen LogP contribution >= 0.6 is 30.5 Å². The largest absolute Gasteiger partial charge is 0.311 e. The minimum absolute atomic E-state index is 0.724. The van der Waals surface area contributed by atoms with Crippen molar-refractivity contribution in [1.29, 1.82) is 0 Å². The van der Waals surface area contributed by atoms with Gasteiger partial charge in [0.1, 0.15) is 0 Å². The van der Waals surface area contributed by atoms with Gasteiger partial charge in [-0.15, -0.1) is 0 Å². The lowest BCUT2D eigenvalue weighted by Gasteiger charge is -2.26. The molecule has 0 saturated carbocycles. The average molecular weight is 465 g/mol. The summed E-state index contributed by atoms with van der Waals surface area (Å²) >= 11 is 12.3. The summed E-state index contributed by atoms with van der Waals surface area (Å²) in [4.78, 5) is 2.22. The van der Waals surface area contributed by atoms with Gasteiger partial charge in [-0.25, -0.2) is 0 Å². The van der Waals surface area contributed by atoms with Gasteiger partial charge in [0.25, 0.3) is 0 Å². The highest BCUT2D eigenvalue weighted by atomic mass is 35.5. The molecule has 156 valence electrons. The molecule has 0 saturated heterocycles. The van der Waals surface area contributed by atoms with E-state index in [0.717, 1.165) is 33.3 Å². The molecule has 0 radical (unpaired) electrons. The topological polar surface area (TPSA) is 3.24 Å². The Labute approximate surface area is 195 Å². The predicted molar refractivity (Wildman–Crippen MR) is 140 cm³/mol. The lowest BCUT2D eigenvalue weighted by atomic mass is 10.1. The van der Waals surface area contributed by atoms with Crippen LogP contribution in [0.1, 0.15) is 5.56 Å². The number of anilines is 3. The highest BCUT2D eigenvalue weighted by Gasteiger charge is 2.28. The maximum atomic E-state index is 6.13. The van der Waals surface area contributed by atoms with Crippen LogP contribution in [0.4, 0.5) is 17.1 Å². The Bertz CT molecular complexity index is 1080. The Kier molecular flexibility index (Phi) is 6.68. The molecule has 0 fully saturated rings. The Morgan fingerprint density at radius 2 is 1.00 bits per heavy atom. The van der Waals surface area contributed by atoms with E-state index in [2.05, 4.69) is 72.8 Å². The summed E-state index contributed by atoms with van der Waals surface area (Å²) in [5.74, 6) is 0. The van der Waals surface area contributed by atoms with Crippen molar-refractivity contribution in [3.05, 3.63) is 119 Å². The lowest BCUT2D eigenvalue weighted by Crippen LogP contribution is -2.11. The van der Waals surface area contributed by atoms with Crippen LogP contribution in [0.3, 0.4) is 0 Å². The van der Waals surface area contributed by atoms with Crippen molar-refractivity contribution in [1.82, 2.24) is 0 Å². The van der Waals surface area contributed by atoms with Crippen molar-refractivity contribution < 1.29 is 0 Å². The first-order valence-electron chi connectivity index (χ1n) is 10.2. The molecule has 0 aliphatic rings. The van der Waals surface area contributed by atoms with Crippen molar-refractivity contribution in [3.8, 4) is 0 Å². The van der Waals surface area contributed by atoms with E-state index in [9.17, 15) is 0 Å². The van der Waals surface area contributed by atoms with Gasteiger partial charge in [-0.2, -0.15) is 0 Å². The van der Waals surface area contributed by atoms with Gasteiger partial charge in [-0.05, 0) is 78.4 Å². The molecular formula is C27H25Cl2NP+. The highest BCUT2D eigenvalue weighted by molar-refractivity contribution is 7.80. The van der Waals surface area contributed by atoms with E-state index in [0.29, 0.717) is 0 Å². The monoisotopic (exact) mass is 464 g/mol. The molecule has 4 aromatic rings. The van der Waals surface area contributed by atoms with Gasteiger partial charge in [0.15, 0.2) is 0 Å². The van der Waals surface area contributed by atoms with Crippen LogP contribution in [0, 0.1) is 0 Å². The quantitative estimate of drug-likeness (QED) is 0.258. The molecule has 0 unspecified atom stereocenters. The van der Waals surface area contributed by atoms with E-state index in [1.807, 2.05) is 48.5 Å². The van der Waals surface area contributed by atoms with Crippen LogP contribution in [-0.4, -0.2) is 13.3 Å². The van der Waals surface area contributed by atoms with Crippen molar-refractivity contribution >= 4 is 52.8 Å². The van der Waals surface area contributed by atoms with E-state index in [1.54, 1.807) is 0 Å². The molecule has 1 nitrogen and oxygen atoms in total. The van der Waals surface area contributed by atoms with E-state index >= 15 is 0 Å². The van der Waals surface area contributed by atoms with Gasteiger partial charge in [0.05, 0.1) is 24.8 Å². The summed E-state index contributed by atoms with van der Waals surface area (Å²) in [6.45, 7) is 4.81. The first-order chi connectivity index (χ1) is 14.9. The zero-order chi connectivity index (χ0) is 21.8. The average Bonchev–Trinajstić information content (AvgIpc) is 2.78. The third-order valence-corrected chi connectivity index (χ3v) is 8.75. The summed E-state index contributed by atoms with van der Waals surface area (Å²) in [6, 6.07) is 35.6. The number of hydrogen-bond donors (Lipinski definition) is 0. The normalized spacial score (nSPS) is 11.4. The summed E-state index contributed by atoms with van der Waals surface area (Å²) in [5.41, 5.74) is 4.57. The first kappa shape index (κ1) is 21.9. The van der Waals surface area contributed by atoms with E-state index < -0.39 is 7.26 Å². The molecular weight excluding hydrogens is 440 g/mol. The molecule has 0 aliphatic carbocycles. The van der Waals surface area contributed by atoms with Gasteiger partial charge in [-0.1, -0.05) is 53.5 Å². The van der Waals surface area contributed by atoms with Gasteiger partial charge < -0.3 is 4.90 Å². The Morgan fingerprint density at radius 1 is 0.581 bits per heavy atom. The maximum Gasteiger partial charge on any atom is 0.0937 e. The van der Waals surface area contributed by atoms with Gasteiger partial charge in [-0.3, -0.25) is 0 Å². The number of rotatable bonds is 6. The minimum Gasteiger partial charge on any atom is -0.311 e. The molecule has 0 spiro atoms. The second-order valence-corrected chi connectivity index (χ2v) is 13.2. The van der Waals surface area contributed by atoms with E-state index in [-0.39, 0.29) is 0 Å². The van der Waals surface area contributed by atoms with Crippen molar-refractivity contribution in [2.75, 3.05) is 18.2 Å². The van der Waals surface area contributed by atoms with Gasteiger partial charge in [0.2, 0.25) is 0 Å². The Hall–Kier alpha value is -2.31. The zero-order valence-corrected chi connectivity index (χ0v) is 20.1. The lowest BCUT2D eigenvalue weighted by molar-refractivity contribution is 1.27. The standard InChI is InChI=1S/C27H25Cl2NP/c1-31(2,27-6-4-3-5-7-27)20-21-8-14-24(15-9-21)30(25-16-10-22(28)11-17-25)26-18-12-23(29)13-19-26/h3-19H,20H2,1-2H3/q+1. The van der Waals surface area contributed by atoms with Gasteiger partial charge in [0, 0.05) is 34.4 Å². The second-order valence-electron chi connectivity index (χ2n) is 8.13. The summed E-state index contributed by atoms with van der Waals surface area (Å²) in [7, 11) is -1.23. The van der Waals surface area contributed by atoms with Crippen molar-refractivity contribution in [2.45, 2.75) is 6.16 Å². The summed E-state index contributed by atoms with van der Waals surface area (Å²) in [5, 5.41) is 2.91. The fourth-order valence-electron chi connectivity index (χ4n) is 3.76. The summed E-state index contributed by atoms with van der Waals surface area (Å²) < 4.78 is 0. The Balaban J connectivity index is 1.65. The summed E-state index contributed by atoms with van der Waals surface area (Å²) in [6.07, 6.45) is 1.08. The molecule has 31 heavy (non-hydrogen) atoms. The first-order valence-corrected chi connectivity index (χ1v) is 13.8. The van der Waals surface area contributed by atoms with Gasteiger partial charge >= 0.3 is 0 Å². The molecule has 4 aromatic carbocycles. The molecule has 0 heterocycles. The third kappa shape index (κ3) is 5.31. The van der Waals surface area contributed by atoms with Crippen LogP contribution in [0.2, 0.25) is 10.0 Å². The maximum absolute atomic E-state index is 6.13. The van der Waals surface area contributed by atoms with Crippen LogP contribution < -0.4 is 10.2 Å². The van der Waals surface area contributed by atoms with E-state index in [1.165, 1.54) is 10.9 Å². The van der Waals surface area contributed by atoms with Crippen LogP contribution in [0.15, 0.2) is 103 Å². The molecule has 0 atom stereocenters. The van der Waals surface area contributed by atoms with Crippen molar-refractivity contribution in [3.63, 3.8) is 0 Å².